The van der Waals surface area contributed by atoms with Crippen LogP contribution in [0.15, 0.2) is 84.6 Å². The fourth-order valence-electron chi connectivity index (χ4n) is 2.46. The number of halogens is 1. The maximum absolute atomic E-state index is 13.0. The van der Waals surface area contributed by atoms with E-state index in [1.165, 1.54) is 0 Å². The average molecular weight is 386 g/mol. The lowest BCUT2D eigenvalue weighted by Crippen LogP contribution is -2.37. The third-order valence-corrected chi connectivity index (χ3v) is 3.92. The Kier molecular flexibility index (Phi) is 9.58. The van der Waals surface area contributed by atoms with Gasteiger partial charge in [-0.3, -0.25) is 9.59 Å². The second-order valence-electron chi connectivity index (χ2n) is 5.48. The van der Waals surface area contributed by atoms with Gasteiger partial charge in [0.1, 0.15) is 0 Å². The van der Waals surface area contributed by atoms with Crippen LogP contribution in [0.3, 0.4) is 0 Å². The Labute approximate surface area is 165 Å². The highest BCUT2D eigenvalue weighted by atomic mass is 35.5. The molecule has 0 aliphatic rings. The molecule has 0 saturated heterocycles. The summed E-state index contributed by atoms with van der Waals surface area (Å²) in [6.07, 6.45) is 9.16. The Balaban J connectivity index is 3.36. The SMILES string of the molecule is C=C/C=C\C(=C/C=C)C(NC)/C(C(=O)Nc1ccc(Cl)cc1)=C(/C)NC=O. The van der Waals surface area contributed by atoms with E-state index in [-0.39, 0.29) is 5.91 Å². The van der Waals surface area contributed by atoms with Gasteiger partial charge in [-0.2, -0.15) is 0 Å². The molecule has 0 aromatic heterocycles. The van der Waals surface area contributed by atoms with Gasteiger partial charge < -0.3 is 16.0 Å². The monoisotopic (exact) mass is 385 g/mol. The Hall–Kier alpha value is -2.89. The van der Waals surface area contributed by atoms with Gasteiger partial charge in [0, 0.05) is 16.4 Å². The number of hydrogen-bond acceptors (Lipinski definition) is 3. The van der Waals surface area contributed by atoms with Crippen molar-refractivity contribution < 1.29 is 9.59 Å². The first-order chi connectivity index (χ1) is 13.0. The van der Waals surface area contributed by atoms with Gasteiger partial charge in [0.15, 0.2) is 0 Å². The van der Waals surface area contributed by atoms with Crippen LogP contribution >= 0.6 is 11.6 Å². The number of anilines is 1. The van der Waals surface area contributed by atoms with Gasteiger partial charge in [0.05, 0.1) is 11.6 Å². The predicted molar refractivity (Wildman–Crippen MR) is 112 cm³/mol. The molecule has 0 fully saturated rings. The third kappa shape index (κ3) is 6.73. The molecule has 2 amide bonds. The molecule has 0 aliphatic heterocycles. The van der Waals surface area contributed by atoms with Crippen molar-refractivity contribution >= 4 is 29.6 Å². The highest BCUT2D eigenvalue weighted by Crippen LogP contribution is 2.20. The minimum Gasteiger partial charge on any atom is -0.332 e. The van der Waals surface area contributed by atoms with Crippen LogP contribution in [0, 0.1) is 0 Å². The number of nitrogens with one attached hydrogen (secondary N) is 3. The molecule has 27 heavy (non-hydrogen) atoms. The van der Waals surface area contributed by atoms with Crippen molar-refractivity contribution in [2.75, 3.05) is 12.4 Å². The maximum atomic E-state index is 13.0. The smallest absolute Gasteiger partial charge is 0.255 e. The zero-order valence-corrected chi connectivity index (χ0v) is 16.2. The molecule has 1 aromatic rings. The second kappa shape index (κ2) is 11.7. The lowest BCUT2D eigenvalue weighted by atomic mass is 9.95. The van der Waals surface area contributed by atoms with E-state index in [1.807, 2.05) is 6.08 Å². The van der Waals surface area contributed by atoms with E-state index in [4.69, 9.17) is 11.6 Å². The normalized spacial score (nSPS) is 13.5. The predicted octanol–water partition coefficient (Wildman–Crippen LogP) is 3.74. The largest absolute Gasteiger partial charge is 0.332 e. The van der Waals surface area contributed by atoms with Crippen LogP contribution in [-0.2, 0) is 9.59 Å². The fourth-order valence-corrected chi connectivity index (χ4v) is 2.58. The zero-order valence-electron chi connectivity index (χ0n) is 15.5. The number of carbonyl (C=O) groups excluding carboxylic acids is 2. The average Bonchev–Trinajstić information content (AvgIpc) is 2.65. The van der Waals surface area contributed by atoms with E-state index in [1.54, 1.807) is 62.5 Å². The van der Waals surface area contributed by atoms with Gasteiger partial charge in [-0.15, -0.1) is 0 Å². The number of allylic oxidation sites excluding steroid dienone is 5. The maximum Gasteiger partial charge on any atom is 0.255 e. The van der Waals surface area contributed by atoms with Crippen LogP contribution in [0.25, 0.3) is 0 Å². The van der Waals surface area contributed by atoms with Gasteiger partial charge in [0.2, 0.25) is 6.41 Å². The number of amides is 2. The molecule has 1 unspecified atom stereocenters. The summed E-state index contributed by atoms with van der Waals surface area (Å²) < 4.78 is 0. The van der Waals surface area contributed by atoms with E-state index < -0.39 is 6.04 Å². The molecular weight excluding hydrogens is 362 g/mol. The van der Waals surface area contributed by atoms with Gasteiger partial charge >= 0.3 is 0 Å². The van der Waals surface area contributed by atoms with E-state index in [0.717, 1.165) is 5.57 Å². The highest BCUT2D eigenvalue weighted by Gasteiger charge is 2.24. The van der Waals surface area contributed by atoms with Crippen LogP contribution in [0.1, 0.15) is 6.92 Å². The first-order valence-electron chi connectivity index (χ1n) is 8.25. The van der Waals surface area contributed by atoms with Crippen molar-refractivity contribution in [2.45, 2.75) is 13.0 Å². The van der Waals surface area contributed by atoms with E-state index >= 15 is 0 Å². The van der Waals surface area contributed by atoms with Gasteiger partial charge in [-0.25, -0.2) is 0 Å². The molecule has 0 heterocycles. The summed E-state index contributed by atoms with van der Waals surface area (Å²) >= 11 is 5.89. The topological polar surface area (TPSA) is 70.2 Å². The van der Waals surface area contributed by atoms with Crippen LogP contribution in [0.4, 0.5) is 5.69 Å². The zero-order chi connectivity index (χ0) is 20.2. The Morgan fingerprint density at radius 3 is 2.37 bits per heavy atom. The van der Waals surface area contributed by atoms with Crippen molar-refractivity contribution in [3.8, 4) is 0 Å². The first kappa shape index (κ1) is 22.2. The van der Waals surface area contributed by atoms with Gasteiger partial charge in [-0.05, 0) is 43.8 Å². The van der Waals surface area contributed by atoms with Gasteiger partial charge in [0.25, 0.3) is 5.91 Å². The molecule has 0 spiro atoms. The molecular formula is C21H24ClN3O2. The lowest BCUT2D eigenvalue weighted by molar-refractivity contribution is -0.113. The molecule has 0 aliphatic carbocycles. The molecule has 3 N–H and O–H groups in total. The van der Waals surface area contributed by atoms with Crippen LogP contribution in [0.5, 0.6) is 0 Å². The first-order valence-corrected chi connectivity index (χ1v) is 8.63. The molecule has 1 aromatic carbocycles. The summed E-state index contributed by atoms with van der Waals surface area (Å²) in [5.74, 6) is -0.356. The third-order valence-electron chi connectivity index (χ3n) is 3.67. The summed E-state index contributed by atoms with van der Waals surface area (Å²) in [7, 11) is 1.73. The van der Waals surface area contributed by atoms with E-state index in [9.17, 15) is 9.59 Å². The molecule has 0 radical (unpaired) electrons. The van der Waals surface area contributed by atoms with Crippen LogP contribution in [-0.4, -0.2) is 25.4 Å². The minimum absolute atomic E-state index is 0.356. The molecule has 1 atom stereocenters. The summed E-state index contributed by atoms with van der Waals surface area (Å²) in [6, 6.07) is 6.28. The summed E-state index contributed by atoms with van der Waals surface area (Å²) in [5, 5.41) is 9.08. The molecule has 142 valence electrons. The lowest BCUT2D eigenvalue weighted by Gasteiger charge is -2.23. The van der Waals surface area contributed by atoms with Gasteiger partial charge in [-0.1, -0.05) is 55.1 Å². The van der Waals surface area contributed by atoms with Crippen molar-refractivity contribution in [2.24, 2.45) is 0 Å². The molecule has 6 heteroatoms. The van der Waals surface area contributed by atoms with Crippen molar-refractivity contribution in [3.05, 3.63) is 89.7 Å². The Morgan fingerprint density at radius 2 is 1.85 bits per heavy atom. The minimum atomic E-state index is -0.487. The summed E-state index contributed by atoms with van der Waals surface area (Å²) in [5.41, 5.74) is 2.16. The number of carbonyl (C=O) groups is 2. The molecule has 0 bridgehead atoms. The summed E-state index contributed by atoms with van der Waals surface area (Å²) in [6.45, 7) is 9.05. The number of hydrogen-bond donors (Lipinski definition) is 3. The number of benzene rings is 1. The van der Waals surface area contributed by atoms with Crippen LogP contribution in [0.2, 0.25) is 5.02 Å². The Morgan fingerprint density at radius 1 is 1.19 bits per heavy atom. The van der Waals surface area contributed by atoms with E-state index in [2.05, 4.69) is 29.1 Å². The van der Waals surface area contributed by atoms with Crippen molar-refractivity contribution in [1.29, 1.82) is 0 Å². The Bertz CT molecular complexity index is 777. The fraction of sp³-hybridized carbons (Fsp3) is 0.143. The summed E-state index contributed by atoms with van der Waals surface area (Å²) in [4.78, 5) is 23.9. The van der Waals surface area contributed by atoms with Crippen molar-refractivity contribution in [3.63, 3.8) is 0 Å². The second-order valence-corrected chi connectivity index (χ2v) is 5.92. The quantitative estimate of drug-likeness (QED) is 0.326. The van der Waals surface area contributed by atoms with Crippen LogP contribution < -0.4 is 16.0 Å². The molecule has 0 saturated carbocycles. The number of rotatable bonds is 10. The highest BCUT2D eigenvalue weighted by molar-refractivity contribution is 6.30. The molecule has 1 rings (SSSR count). The standard InChI is InChI=1S/C21H24ClN3O2/c1-5-7-9-16(8-6-2)20(23-4)19(15(3)24-14-26)21(27)25-18-12-10-17(22)11-13-18/h5-14,20,23H,1-2H2,3-4H3,(H,24,26)(H,25,27)/b9-7-,16-8+,19-15+. The number of likely N-dealkylation sites (N-methyl/N-ethyl adjacent to an activating group) is 1. The van der Waals surface area contributed by atoms with Crippen molar-refractivity contribution in [1.82, 2.24) is 10.6 Å². The van der Waals surface area contributed by atoms with E-state index in [0.29, 0.717) is 28.4 Å². The molecule has 5 nitrogen and oxygen atoms in total.